The maximum atomic E-state index is 13.0. The van der Waals surface area contributed by atoms with E-state index in [1.807, 2.05) is 6.92 Å². The predicted octanol–water partition coefficient (Wildman–Crippen LogP) is 2.59. The van der Waals surface area contributed by atoms with Crippen molar-refractivity contribution in [1.82, 2.24) is 15.0 Å². The Balaban J connectivity index is 1.77. The number of rotatable bonds is 3. The van der Waals surface area contributed by atoms with E-state index in [0.717, 1.165) is 5.56 Å². The first-order valence-corrected chi connectivity index (χ1v) is 6.89. The zero-order valence-corrected chi connectivity index (χ0v) is 11.9. The lowest BCUT2D eigenvalue weighted by Crippen LogP contribution is -2.28. The lowest BCUT2D eigenvalue weighted by atomic mass is 10.1. The zero-order chi connectivity index (χ0) is 15.0. The van der Waals surface area contributed by atoms with Crippen molar-refractivity contribution in [2.45, 2.75) is 32.2 Å². The van der Waals surface area contributed by atoms with E-state index in [-0.39, 0.29) is 23.7 Å². The molecule has 0 bridgehead atoms. The van der Waals surface area contributed by atoms with E-state index in [1.165, 1.54) is 12.1 Å². The summed E-state index contributed by atoms with van der Waals surface area (Å²) >= 11 is 0. The van der Waals surface area contributed by atoms with E-state index >= 15 is 0 Å². The highest BCUT2D eigenvalue weighted by Crippen LogP contribution is 2.32. The average molecular weight is 289 g/mol. The Kier molecular flexibility index (Phi) is 3.45. The SMILES string of the molecule is Cc1nc(C2CC(=O)N(C(C)c3ccc(F)cc3)C2)no1. The van der Waals surface area contributed by atoms with E-state index in [9.17, 15) is 9.18 Å². The van der Waals surface area contributed by atoms with Gasteiger partial charge in [-0.3, -0.25) is 4.79 Å². The maximum absolute atomic E-state index is 13.0. The minimum absolute atomic E-state index is 0.0437. The molecule has 0 radical (unpaired) electrons. The molecule has 0 saturated carbocycles. The number of aryl methyl sites for hydroxylation is 1. The highest BCUT2D eigenvalue weighted by molar-refractivity contribution is 5.80. The Morgan fingerprint density at radius 1 is 1.38 bits per heavy atom. The second kappa shape index (κ2) is 5.27. The molecule has 2 atom stereocenters. The lowest BCUT2D eigenvalue weighted by molar-refractivity contribution is -0.129. The molecule has 1 amide bonds. The van der Waals surface area contributed by atoms with Crippen LogP contribution in [0.2, 0.25) is 0 Å². The van der Waals surface area contributed by atoms with Gasteiger partial charge in [-0.2, -0.15) is 4.98 Å². The fourth-order valence-electron chi connectivity index (χ4n) is 2.68. The number of nitrogens with zero attached hydrogens (tertiary/aromatic N) is 3. The predicted molar refractivity (Wildman–Crippen MR) is 72.9 cm³/mol. The highest BCUT2D eigenvalue weighted by Gasteiger charge is 2.36. The summed E-state index contributed by atoms with van der Waals surface area (Å²) in [5.41, 5.74) is 0.912. The first-order chi connectivity index (χ1) is 10.0. The summed E-state index contributed by atoms with van der Waals surface area (Å²) in [4.78, 5) is 18.2. The Morgan fingerprint density at radius 3 is 2.71 bits per heavy atom. The number of carbonyl (C=O) groups is 1. The number of aromatic nitrogens is 2. The Bertz CT molecular complexity index is 653. The van der Waals surface area contributed by atoms with Gasteiger partial charge in [0.15, 0.2) is 5.82 Å². The molecule has 1 aromatic heterocycles. The van der Waals surface area contributed by atoms with Gasteiger partial charge in [-0.05, 0) is 24.6 Å². The molecule has 1 aliphatic rings. The third-order valence-corrected chi connectivity index (χ3v) is 3.89. The van der Waals surface area contributed by atoms with Crippen molar-refractivity contribution < 1.29 is 13.7 Å². The third-order valence-electron chi connectivity index (χ3n) is 3.89. The number of halogens is 1. The molecule has 2 heterocycles. The summed E-state index contributed by atoms with van der Waals surface area (Å²) in [6.07, 6.45) is 0.379. The molecule has 5 nitrogen and oxygen atoms in total. The van der Waals surface area contributed by atoms with Gasteiger partial charge in [-0.1, -0.05) is 17.3 Å². The van der Waals surface area contributed by atoms with Crippen molar-refractivity contribution in [3.05, 3.63) is 47.4 Å². The van der Waals surface area contributed by atoms with E-state index in [4.69, 9.17) is 4.52 Å². The van der Waals surface area contributed by atoms with Crippen LogP contribution in [0.5, 0.6) is 0 Å². The van der Waals surface area contributed by atoms with Gasteiger partial charge in [0, 0.05) is 25.8 Å². The van der Waals surface area contributed by atoms with E-state index in [0.29, 0.717) is 24.7 Å². The second-order valence-electron chi connectivity index (χ2n) is 5.35. The Hall–Kier alpha value is -2.24. The minimum Gasteiger partial charge on any atom is -0.340 e. The van der Waals surface area contributed by atoms with Gasteiger partial charge in [-0.15, -0.1) is 0 Å². The van der Waals surface area contributed by atoms with Crippen molar-refractivity contribution >= 4 is 5.91 Å². The fraction of sp³-hybridized carbons (Fsp3) is 0.400. The largest absolute Gasteiger partial charge is 0.340 e. The summed E-state index contributed by atoms with van der Waals surface area (Å²) in [5, 5.41) is 3.90. The molecule has 0 N–H and O–H groups in total. The van der Waals surface area contributed by atoms with Gasteiger partial charge in [0.2, 0.25) is 11.8 Å². The average Bonchev–Trinajstić information content (AvgIpc) is 3.05. The summed E-state index contributed by atoms with van der Waals surface area (Å²) in [5.74, 6) is 0.813. The number of likely N-dealkylation sites (tertiary alicyclic amines) is 1. The number of carbonyl (C=O) groups excluding carboxylic acids is 1. The number of hydrogen-bond donors (Lipinski definition) is 0. The van der Waals surface area contributed by atoms with Gasteiger partial charge in [0.25, 0.3) is 0 Å². The molecule has 1 aliphatic heterocycles. The quantitative estimate of drug-likeness (QED) is 0.871. The molecule has 3 rings (SSSR count). The minimum atomic E-state index is -0.279. The van der Waals surface area contributed by atoms with Gasteiger partial charge >= 0.3 is 0 Å². The normalized spacial score (nSPS) is 20.0. The fourth-order valence-corrected chi connectivity index (χ4v) is 2.68. The molecule has 1 fully saturated rings. The Labute approximate surface area is 121 Å². The first-order valence-electron chi connectivity index (χ1n) is 6.89. The lowest BCUT2D eigenvalue weighted by Gasteiger charge is -2.25. The van der Waals surface area contributed by atoms with Crippen LogP contribution in [-0.4, -0.2) is 27.5 Å². The molecular weight excluding hydrogens is 273 g/mol. The molecule has 6 heteroatoms. The van der Waals surface area contributed by atoms with Crippen LogP contribution in [0.3, 0.4) is 0 Å². The van der Waals surface area contributed by atoms with E-state index in [2.05, 4.69) is 10.1 Å². The topological polar surface area (TPSA) is 59.2 Å². The van der Waals surface area contributed by atoms with E-state index < -0.39 is 0 Å². The summed E-state index contributed by atoms with van der Waals surface area (Å²) in [7, 11) is 0. The summed E-state index contributed by atoms with van der Waals surface area (Å²) in [6, 6.07) is 6.13. The summed E-state index contributed by atoms with van der Waals surface area (Å²) < 4.78 is 18.0. The molecule has 21 heavy (non-hydrogen) atoms. The zero-order valence-electron chi connectivity index (χ0n) is 11.9. The standard InChI is InChI=1S/C15H16FN3O2/c1-9(11-3-5-13(16)6-4-11)19-8-12(7-14(19)20)15-17-10(2)21-18-15/h3-6,9,12H,7-8H2,1-2H3. The molecular formula is C15H16FN3O2. The van der Waals surface area contributed by atoms with E-state index in [1.54, 1.807) is 24.0 Å². The van der Waals surface area contributed by atoms with Crippen molar-refractivity contribution in [3.63, 3.8) is 0 Å². The van der Waals surface area contributed by atoms with Gasteiger partial charge < -0.3 is 9.42 Å². The van der Waals surface area contributed by atoms with Crippen LogP contribution >= 0.6 is 0 Å². The van der Waals surface area contributed by atoms with Crippen LogP contribution in [0, 0.1) is 12.7 Å². The van der Waals surface area contributed by atoms with Gasteiger partial charge in [0.1, 0.15) is 5.82 Å². The van der Waals surface area contributed by atoms with Gasteiger partial charge in [-0.25, -0.2) is 4.39 Å². The molecule has 1 aromatic carbocycles. The molecule has 0 aliphatic carbocycles. The third kappa shape index (κ3) is 2.66. The molecule has 2 unspecified atom stereocenters. The van der Waals surface area contributed by atoms with Crippen molar-refractivity contribution in [2.24, 2.45) is 0 Å². The van der Waals surface area contributed by atoms with Gasteiger partial charge in [0.05, 0.1) is 6.04 Å². The smallest absolute Gasteiger partial charge is 0.223 e. The van der Waals surface area contributed by atoms with Crippen molar-refractivity contribution in [1.29, 1.82) is 0 Å². The van der Waals surface area contributed by atoms with Crippen LogP contribution in [-0.2, 0) is 4.79 Å². The Morgan fingerprint density at radius 2 is 2.10 bits per heavy atom. The number of hydrogen-bond acceptors (Lipinski definition) is 4. The number of amides is 1. The second-order valence-corrected chi connectivity index (χ2v) is 5.35. The highest BCUT2D eigenvalue weighted by atomic mass is 19.1. The molecule has 2 aromatic rings. The molecule has 1 saturated heterocycles. The van der Waals surface area contributed by atoms with Crippen LogP contribution in [0.4, 0.5) is 4.39 Å². The van der Waals surface area contributed by atoms with Crippen LogP contribution in [0.1, 0.15) is 42.6 Å². The first kappa shape index (κ1) is 13.7. The monoisotopic (exact) mass is 289 g/mol. The van der Waals surface area contributed by atoms with Crippen molar-refractivity contribution in [3.8, 4) is 0 Å². The van der Waals surface area contributed by atoms with Crippen molar-refractivity contribution in [2.75, 3.05) is 6.54 Å². The maximum Gasteiger partial charge on any atom is 0.223 e. The summed E-state index contributed by atoms with van der Waals surface area (Å²) in [6.45, 7) is 4.22. The molecule has 0 spiro atoms. The van der Waals surface area contributed by atoms with Crippen LogP contribution < -0.4 is 0 Å². The molecule has 110 valence electrons. The number of benzene rings is 1. The van der Waals surface area contributed by atoms with Crippen LogP contribution in [0.25, 0.3) is 0 Å². The van der Waals surface area contributed by atoms with Crippen LogP contribution in [0.15, 0.2) is 28.8 Å².